The molecule has 1 aromatic carbocycles. The minimum absolute atomic E-state index is 0.184. The van der Waals surface area contributed by atoms with Crippen LogP contribution < -0.4 is 5.32 Å². The first-order valence-electron chi connectivity index (χ1n) is 7.24. The summed E-state index contributed by atoms with van der Waals surface area (Å²) in [6.07, 6.45) is 3.51. The van der Waals surface area contributed by atoms with Crippen LogP contribution in [0.3, 0.4) is 0 Å². The second-order valence-electron chi connectivity index (χ2n) is 5.03. The third-order valence-electron chi connectivity index (χ3n) is 3.37. The van der Waals surface area contributed by atoms with E-state index in [-0.39, 0.29) is 19.1 Å². The van der Waals surface area contributed by atoms with Crippen molar-refractivity contribution in [1.82, 2.24) is 14.7 Å². The zero-order valence-electron chi connectivity index (χ0n) is 12.6. The smallest absolute Gasteiger partial charge is 0.325 e. The summed E-state index contributed by atoms with van der Waals surface area (Å²) in [6, 6.07) is 12.8. The zero-order valence-corrected chi connectivity index (χ0v) is 14.8. The fraction of sp³-hybridized carbons (Fsp3) is 0.118. The summed E-state index contributed by atoms with van der Waals surface area (Å²) in [4.78, 5) is 28.3. The topological polar surface area (TPSA) is 72.7 Å². The molecular formula is C17H14IN3O3. The summed E-state index contributed by atoms with van der Waals surface area (Å²) in [5, 5.41) is 2.57. The van der Waals surface area contributed by atoms with E-state index in [0.717, 1.165) is 9.26 Å². The highest BCUT2D eigenvalue weighted by molar-refractivity contribution is 14.1. The highest BCUT2D eigenvalue weighted by atomic mass is 127. The molecule has 3 aromatic rings. The summed E-state index contributed by atoms with van der Waals surface area (Å²) in [6.45, 7) is -0.00585. The van der Waals surface area contributed by atoms with Crippen molar-refractivity contribution >= 4 is 40.1 Å². The Balaban J connectivity index is 1.57. The molecule has 0 fully saturated rings. The predicted octanol–water partition coefficient (Wildman–Crippen LogP) is 2.41. The van der Waals surface area contributed by atoms with E-state index in [1.165, 1.54) is 0 Å². The first-order valence-corrected chi connectivity index (χ1v) is 8.32. The molecule has 7 heteroatoms. The Morgan fingerprint density at radius 1 is 1.17 bits per heavy atom. The maximum Gasteiger partial charge on any atom is 0.325 e. The normalized spacial score (nSPS) is 10.5. The van der Waals surface area contributed by atoms with Crippen molar-refractivity contribution in [2.45, 2.75) is 6.61 Å². The van der Waals surface area contributed by atoms with Crippen LogP contribution in [0.15, 0.2) is 54.9 Å². The van der Waals surface area contributed by atoms with Gasteiger partial charge in [0.15, 0.2) is 0 Å². The van der Waals surface area contributed by atoms with Crippen LogP contribution in [0.4, 0.5) is 0 Å². The van der Waals surface area contributed by atoms with Crippen molar-refractivity contribution in [2.75, 3.05) is 6.54 Å². The Hall–Kier alpha value is -2.42. The number of fused-ring (bicyclic) bond motifs is 1. The molecule has 0 spiro atoms. The Kier molecular flexibility index (Phi) is 5.09. The minimum Gasteiger partial charge on any atom is -0.460 e. The molecule has 1 N–H and O–H groups in total. The van der Waals surface area contributed by atoms with Gasteiger partial charge in [-0.2, -0.15) is 0 Å². The third-order valence-corrected chi connectivity index (χ3v) is 4.17. The van der Waals surface area contributed by atoms with Gasteiger partial charge in [-0.15, -0.1) is 0 Å². The molecule has 0 saturated carbocycles. The second-order valence-corrected chi connectivity index (χ2v) is 6.13. The molecule has 0 saturated heterocycles. The molecule has 0 bridgehead atoms. The van der Waals surface area contributed by atoms with Gasteiger partial charge in [0.1, 0.15) is 22.5 Å². The average Bonchev–Trinajstić information content (AvgIpc) is 3.00. The number of carbonyl (C=O) groups is 2. The highest BCUT2D eigenvalue weighted by Gasteiger charge is 2.14. The molecule has 2 aromatic heterocycles. The number of aromatic nitrogens is 2. The summed E-state index contributed by atoms with van der Waals surface area (Å²) in [5.74, 6) is -0.851. The molecule has 0 aliphatic carbocycles. The maximum absolute atomic E-state index is 12.3. The molecule has 122 valence electrons. The van der Waals surface area contributed by atoms with Gasteiger partial charge in [-0.1, -0.05) is 30.3 Å². The van der Waals surface area contributed by atoms with E-state index < -0.39 is 5.97 Å². The van der Waals surface area contributed by atoms with Gasteiger partial charge < -0.3 is 10.1 Å². The number of nitrogens with zero attached hydrogens (tertiary/aromatic N) is 2. The molecule has 0 unspecified atom stereocenters. The van der Waals surface area contributed by atoms with Crippen LogP contribution in [-0.2, 0) is 16.1 Å². The van der Waals surface area contributed by atoms with Crippen LogP contribution in [0.2, 0.25) is 0 Å². The van der Waals surface area contributed by atoms with Crippen LogP contribution in [0.5, 0.6) is 0 Å². The SMILES string of the molecule is O=C(CNC(=O)c1cccn2c(I)cnc12)OCc1ccccc1. The fourth-order valence-electron chi connectivity index (χ4n) is 2.19. The number of nitrogens with one attached hydrogen (secondary N) is 1. The van der Waals surface area contributed by atoms with Crippen LogP contribution in [-0.4, -0.2) is 27.8 Å². The molecule has 24 heavy (non-hydrogen) atoms. The lowest BCUT2D eigenvalue weighted by Crippen LogP contribution is -2.31. The van der Waals surface area contributed by atoms with E-state index in [1.807, 2.05) is 40.9 Å². The molecule has 1 amide bonds. The van der Waals surface area contributed by atoms with Crippen molar-refractivity contribution in [2.24, 2.45) is 0 Å². The fourth-order valence-corrected chi connectivity index (χ4v) is 2.72. The lowest BCUT2D eigenvalue weighted by Gasteiger charge is -2.07. The quantitative estimate of drug-likeness (QED) is 0.494. The molecule has 0 aliphatic rings. The number of amides is 1. The summed E-state index contributed by atoms with van der Waals surface area (Å²) in [7, 11) is 0. The van der Waals surface area contributed by atoms with Gasteiger partial charge in [0.05, 0.1) is 11.8 Å². The van der Waals surface area contributed by atoms with E-state index >= 15 is 0 Å². The Morgan fingerprint density at radius 3 is 2.75 bits per heavy atom. The number of rotatable bonds is 5. The monoisotopic (exact) mass is 435 g/mol. The van der Waals surface area contributed by atoms with E-state index in [2.05, 4.69) is 32.9 Å². The number of benzene rings is 1. The number of hydrogen-bond donors (Lipinski definition) is 1. The van der Waals surface area contributed by atoms with E-state index in [9.17, 15) is 9.59 Å². The number of halogens is 1. The van der Waals surface area contributed by atoms with Crippen LogP contribution in [0.25, 0.3) is 5.65 Å². The van der Waals surface area contributed by atoms with Gasteiger partial charge in [-0.05, 0) is 40.3 Å². The molecule has 0 radical (unpaired) electrons. The number of imidazole rings is 1. The van der Waals surface area contributed by atoms with Crippen molar-refractivity contribution < 1.29 is 14.3 Å². The number of ether oxygens (including phenoxy) is 1. The van der Waals surface area contributed by atoms with Gasteiger partial charge in [0.25, 0.3) is 5.91 Å². The van der Waals surface area contributed by atoms with E-state index in [4.69, 9.17) is 4.74 Å². The first-order chi connectivity index (χ1) is 11.6. The number of hydrogen-bond acceptors (Lipinski definition) is 4. The number of esters is 1. The standard InChI is InChI=1S/C17H14IN3O3/c18-14-9-19-16-13(7-4-8-21(14)16)17(23)20-10-15(22)24-11-12-5-2-1-3-6-12/h1-9H,10-11H2,(H,20,23). The second kappa shape index (κ2) is 7.43. The van der Waals surface area contributed by atoms with Crippen molar-refractivity contribution in [3.63, 3.8) is 0 Å². The molecule has 0 atom stereocenters. The summed E-state index contributed by atoms with van der Waals surface area (Å²) >= 11 is 2.14. The van der Waals surface area contributed by atoms with Crippen LogP contribution in [0.1, 0.15) is 15.9 Å². The summed E-state index contributed by atoms with van der Waals surface area (Å²) < 4.78 is 7.84. The van der Waals surface area contributed by atoms with Gasteiger partial charge in [0, 0.05) is 6.20 Å². The summed E-state index contributed by atoms with van der Waals surface area (Å²) in [5.41, 5.74) is 1.86. The Morgan fingerprint density at radius 2 is 1.96 bits per heavy atom. The van der Waals surface area contributed by atoms with Crippen molar-refractivity contribution in [1.29, 1.82) is 0 Å². The third kappa shape index (κ3) is 3.73. The zero-order chi connectivity index (χ0) is 16.9. The molecule has 2 heterocycles. The average molecular weight is 435 g/mol. The van der Waals surface area contributed by atoms with Gasteiger partial charge in [-0.3, -0.25) is 14.0 Å². The molecule has 0 aliphatic heterocycles. The van der Waals surface area contributed by atoms with Crippen LogP contribution >= 0.6 is 22.6 Å². The minimum atomic E-state index is -0.489. The van der Waals surface area contributed by atoms with Crippen molar-refractivity contribution in [3.05, 3.63) is 69.7 Å². The van der Waals surface area contributed by atoms with Gasteiger partial charge in [-0.25, -0.2) is 4.98 Å². The highest BCUT2D eigenvalue weighted by Crippen LogP contribution is 2.13. The largest absolute Gasteiger partial charge is 0.460 e. The lowest BCUT2D eigenvalue weighted by atomic mass is 10.2. The number of carbonyl (C=O) groups excluding carboxylic acids is 2. The van der Waals surface area contributed by atoms with E-state index in [0.29, 0.717) is 11.2 Å². The van der Waals surface area contributed by atoms with Gasteiger partial charge >= 0.3 is 5.97 Å². The Bertz CT molecular complexity index is 877. The lowest BCUT2D eigenvalue weighted by molar-refractivity contribution is -0.143. The first kappa shape index (κ1) is 16.4. The predicted molar refractivity (Wildman–Crippen MR) is 96.5 cm³/mol. The molecular weight excluding hydrogens is 421 g/mol. The number of pyridine rings is 1. The van der Waals surface area contributed by atoms with Gasteiger partial charge in [0.2, 0.25) is 0 Å². The maximum atomic E-state index is 12.3. The molecule has 6 nitrogen and oxygen atoms in total. The van der Waals surface area contributed by atoms with Crippen molar-refractivity contribution in [3.8, 4) is 0 Å². The Labute approximate surface area is 152 Å². The molecule has 3 rings (SSSR count). The van der Waals surface area contributed by atoms with Crippen LogP contribution in [0, 0.1) is 3.70 Å². The van der Waals surface area contributed by atoms with E-state index in [1.54, 1.807) is 18.3 Å².